The molecular weight excluding hydrogens is 252 g/mol. The van der Waals surface area contributed by atoms with E-state index in [1.165, 1.54) is 5.56 Å². The van der Waals surface area contributed by atoms with Crippen molar-refractivity contribution < 1.29 is 9.53 Å². The van der Waals surface area contributed by atoms with Gasteiger partial charge in [0.05, 0.1) is 12.6 Å². The molecule has 1 aliphatic heterocycles. The standard InChI is InChI=1S/C16H24N2O2/c1-17-16(19)13-18-10-9-15(12-18)20-11-5-8-14-6-3-2-4-7-14/h2-4,6-7,15H,5,8-13H2,1H3,(H,17,19). The molecule has 1 aromatic rings. The maximum absolute atomic E-state index is 11.3. The first-order valence-electron chi connectivity index (χ1n) is 7.36. The second-order valence-corrected chi connectivity index (χ2v) is 5.28. The minimum atomic E-state index is 0.0785. The molecule has 1 heterocycles. The summed E-state index contributed by atoms with van der Waals surface area (Å²) in [6, 6.07) is 10.5. The quantitative estimate of drug-likeness (QED) is 0.767. The monoisotopic (exact) mass is 276 g/mol. The van der Waals surface area contributed by atoms with Gasteiger partial charge >= 0.3 is 0 Å². The number of likely N-dealkylation sites (N-methyl/N-ethyl adjacent to an activating group) is 1. The molecular formula is C16H24N2O2. The number of carbonyl (C=O) groups excluding carboxylic acids is 1. The van der Waals surface area contributed by atoms with Crippen molar-refractivity contribution in [3.63, 3.8) is 0 Å². The molecule has 0 aromatic heterocycles. The topological polar surface area (TPSA) is 41.6 Å². The minimum absolute atomic E-state index is 0.0785. The van der Waals surface area contributed by atoms with Gasteiger partial charge < -0.3 is 10.1 Å². The Morgan fingerprint density at radius 1 is 1.40 bits per heavy atom. The Labute approximate surface area is 121 Å². The maximum atomic E-state index is 11.3. The molecule has 110 valence electrons. The third-order valence-electron chi connectivity index (χ3n) is 3.68. The van der Waals surface area contributed by atoms with Crippen molar-refractivity contribution in [1.29, 1.82) is 0 Å². The lowest BCUT2D eigenvalue weighted by Crippen LogP contribution is -2.34. The number of aryl methyl sites for hydroxylation is 1. The molecule has 1 N–H and O–H groups in total. The van der Waals surface area contributed by atoms with Crippen molar-refractivity contribution in [2.75, 3.05) is 33.3 Å². The van der Waals surface area contributed by atoms with Crippen molar-refractivity contribution in [2.24, 2.45) is 0 Å². The second-order valence-electron chi connectivity index (χ2n) is 5.28. The summed E-state index contributed by atoms with van der Waals surface area (Å²) >= 11 is 0. The molecule has 1 saturated heterocycles. The van der Waals surface area contributed by atoms with E-state index < -0.39 is 0 Å². The van der Waals surface area contributed by atoms with Crippen LogP contribution in [-0.4, -0.2) is 50.2 Å². The van der Waals surface area contributed by atoms with Gasteiger partial charge in [-0.05, 0) is 24.8 Å². The summed E-state index contributed by atoms with van der Waals surface area (Å²) in [5, 5.41) is 2.66. The normalized spacial score (nSPS) is 19.1. The van der Waals surface area contributed by atoms with Crippen LogP contribution in [0.5, 0.6) is 0 Å². The Bertz CT molecular complexity index is 408. The third-order valence-corrected chi connectivity index (χ3v) is 3.68. The van der Waals surface area contributed by atoms with Gasteiger partial charge in [-0.3, -0.25) is 9.69 Å². The maximum Gasteiger partial charge on any atom is 0.233 e. The SMILES string of the molecule is CNC(=O)CN1CCC(OCCCc2ccccc2)C1. The van der Waals surface area contributed by atoms with Crippen molar-refractivity contribution in [3.05, 3.63) is 35.9 Å². The van der Waals surface area contributed by atoms with E-state index >= 15 is 0 Å². The highest BCUT2D eigenvalue weighted by Crippen LogP contribution is 2.13. The largest absolute Gasteiger partial charge is 0.377 e. The highest BCUT2D eigenvalue weighted by atomic mass is 16.5. The number of rotatable bonds is 7. The van der Waals surface area contributed by atoms with Crippen LogP contribution in [0.2, 0.25) is 0 Å². The van der Waals surface area contributed by atoms with E-state index in [9.17, 15) is 4.79 Å². The van der Waals surface area contributed by atoms with Crippen LogP contribution < -0.4 is 5.32 Å². The van der Waals surface area contributed by atoms with E-state index in [1.54, 1.807) is 7.05 Å². The van der Waals surface area contributed by atoms with E-state index in [1.807, 2.05) is 6.07 Å². The summed E-state index contributed by atoms with van der Waals surface area (Å²) in [5.41, 5.74) is 1.36. The lowest BCUT2D eigenvalue weighted by atomic mass is 10.1. The predicted octanol–water partition coefficient (Wildman–Crippen LogP) is 1.46. The summed E-state index contributed by atoms with van der Waals surface area (Å²) in [4.78, 5) is 13.5. The zero-order valence-corrected chi connectivity index (χ0v) is 12.2. The van der Waals surface area contributed by atoms with Crippen LogP contribution in [0.4, 0.5) is 0 Å². The predicted molar refractivity (Wildman–Crippen MR) is 79.6 cm³/mol. The Balaban J connectivity index is 1.58. The molecule has 1 unspecified atom stereocenters. The van der Waals surface area contributed by atoms with Gasteiger partial charge in [-0.2, -0.15) is 0 Å². The van der Waals surface area contributed by atoms with Crippen molar-refractivity contribution >= 4 is 5.91 Å². The van der Waals surface area contributed by atoms with Gasteiger partial charge in [0.1, 0.15) is 0 Å². The van der Waals surface area contributed by atoms with Gasteiger partial charge in [-0.15, -0.1) is 0 Å². The molecule has 1 aromatic carbocycles. The first-order chi connectivity index (χ1) is 9.78. The van der Waals surface area contributed by atoms with Gasteiger partial charge in [0, 0.05) is 26.7 Å². The van der Waals surface area contributed by atoms with Crippen LogP contribution in [0.25, 0.3) is 0 Å². The lowest BCUT2D eigenvalue weighted by molar-refractivity contribution is -0.121. The lowest BCUT2D eigenvalue weighted by Gasteiger charge is -2.15. The number of carbonyl (C=O) groups is 1. The summed E-state index contributed by atoms with van der Waals surface area (Å²) < 4.78 is 5.90. The molecule has 0 aliphatic carbocycles. The van der Waals surface area contributed by atoms with E-state index in [-0.39, 0.29) is 12.0 Å². The number of hydrogen-bond donors (Lipinski definition) is 1. The summed E-state index contributed by atoms with van der Waals surface area (Å²) in [7, 11) is 1.68. The number of benzene rings is 1. The first-order valence-corrected chi connectivity index (χ1v) is 7.36. The number of ether oxygens (including phenoxy) is 1. The first kappa shape index (κ1) is 15.0. The smallest absolute Gasteiger partial charge is 0.233 e. The molecule has 0 spiro atoms. The zero-order valence-electron chi connectivity index (χ0n) is 12.2. The molecule has 20 heavy (non-hydrogen) atoms. The van der Waals surface area contributed by atoms with Crippen LogP contribution in [-0.2, 0) is 16.0 Å². The van der Waals surface area contributed by atoms with Crippen LogP contribution in [0.15, 0.2) is 30.3 Å². The number of nitrogens with one attached hydrogen (secondary N) is 1. The molecule has 4 heteroatoms. The molecule has 1 atom stereocenters. The van der Waals surface area contributed by atoms with Gasteiger partial charge in [0.2, 0.25) is 5.91 Å². The Morgan fingerprint density at radius 2 is 2.20 bits per heavy atom. The Morgan fingerprint density at radius 3 is 2.95 bits per heavy atom. The molecule has 0 radical (unpaired) electrons. The van der Waals surface area contributed by atoms with Crippen LogP contribution in [0.1, 0.15) is 18.4 Å². The average molecular weight is 276 g/mol. The van der Waals surface area contributed by atoms with Crippen LogP contribution in [0.3, 0.4) is 0 Å². The van der Waals surface area contributed by atoms with Gasteiger partial charge in [-0.25, -0.2) is 0 Å². The molecule has 0 bridgehead atoms. The fourth-order valence-corrected chi connectivity index (χ4v) is 2.53. The van der Waals surface area contributed by atoms with E-state index in [4.69, 9.17) is 4.74 Å². The molecule has 2 rings (SSSR count). The summed E-state index contributed by atoms with van der Waals surface area (Å²) in [5.74, 6) is 0.0785. The van der Waals surface area contributed by atoms with Crippen LogP contribution >= 0.6 is 0 Å². The number of hydrogen-bond acceptors (Lipinski definition) is 3. The average Bonchev–Trinajstić information content (AvgIpc) is 2.92. The molecule has 0 saturated carbocycles. The Kier molecular flexibility index (Phi) is 6.02. The van der Waals surface area contributed by atoms with E-state index in [2.05, 4.69) is 34.5 Å². The van der Waals surface area contributed by atoms with Gasteiger partial charge in [0.15, 0.2) is 0 Å². The highest BCUT2D eigenvalue weighted by molar-refractivity contribution is 5.77. The van der Waals surface area contributed by atoms with E-state index in [0.717, 1.165) is 39.0 Å². The number of likely N-dealkylation sites (tertiary alicyclic amines) is 1. The number of amides is 1. The van der Waals surface area contributed by atoms with Gasteiger partial charge in [-0.1, -0.05) is 30.3 Å². The highest BCUT2D eigenvalue weighted by Gasteiger charge is 2.23. The number of nitrogens with zero attached hydrogens (tertiary/aromatic N) is 1. The summed E-state index contributed by atoms with van der Waals surface area (Å²) in [6.45, 7) is 3.11. The van der Waals surface area contributed by atoms with Crippen LogP contribution in [0, 0.1) is 0 Å². The molecule has 1 fully saturated rings. The third kappa shape index (κ3) is 4.94. The molecule has 4 nitrogen and oxygen atoms in total. The van der Waals surface area contributed by atoms with Crippen molar-refractivity contribution in [3.8, 4) is 0 Å². The van der Waals surface area contributed by atoms with Crippen molar-refractivity contribution in [2.45, 2.75) is 25.4 Å². The zero-order chi connectivity index (χ0) is 14.2. The van der Waals surface area contributed by atoms with E-state index in [0.29, 0.717) is 6.54 Å². The van der Waals surface area contributed by atoms with Gasteiger partial charge in [0.25, 0.3) is 0 Å². The minimum Gasteiger partial charge on any atom is -0.377 e. The summed E-state index contributed by atoms with van der Waals surface area (Å²) in [6.07, 6.45) is 3.43. The fraction of sp³-hybridized carbons (Fsp3) is 0.562. The molecule has 1 aliphatic rings. The van der Waals surface area contributed by atoms with Crippen molar-refractivity contribution in [1.82, 2.24) is 10.2 Å². The Hall–Kier alpha value is -1.39. The second kappa shape index (κ2) is 8.02. The fourth-order valence-electron chi connectivity index (χ4n) is 2.53. The molecule has 1 amide bonds.